The molecule has 27 heavy (non-hydrogen) atoms. The van der Waals surface area contributed by atoms with Gasteiger partial charge in [0.1, 0.15) is 5.75 Å². The predicted molar refractivity (Wildman–Crippen MR) is 103 cm³/mol. The average Bonchev–Trinajstić information content (AvgIpc) is 3.15. The first-order chi connectivity index (χ1) is 12.9. The number of carbonyl (C=O) groups excluding carboxylic acids is 1. The van der Waals surface area contributed by atoms with E-state index in [0.717, 1.165) is 24.2 Å². The van der Waals surface area contributed by atoms with E-state index in [2.05, 4.69) is 5.32 Å². The minimum absolute atomic E-state index is 0.0789. The first-order valence-electron chi connectivity index (χ1n) is 9.08. The molecule has 144 valence electrons. The molecule has 0 aromatic heterocycles. The Hall–Kier alpha value is -2.38. The van der Waals surface area contributed by atoms with Crippen molar-refractivity contribution in [1.29, 1.82) is 0 Å². The molecule has 1 saturated carbocycles. The van der Waals surface area contributed by atoms with Gasteiger partial charge in [0.15, 0.2) is 0 Å². The largest absolute Gasteiger partial charge is 0.490 e. The highest BCUT2D eigenvalue weighted by Crippen LogP contribution is 2.24. The third kappa shape index (κ3) is 5.55. The minimum atomic E-state index is -3.68. The lowest BCUT2D eigenvalue weighted by Gasteiger charge is -2.13. The number of nitrogens with two attached hydrogens (primary N) is 1. The molecule has 7 heteroatoms. The number of carbonyl (C=O) groups is 1. The second kappa shape index (κ2) is 8.54. The van der Waals surface area contributed by atoms with Gasteiger partial charge in [-0.2, -0.15) is 0 Å². The third-order valence-corrected chi connectivity index (χ3v) is 5.60. The van der Waals surface area contributed by atoms with Crippen LogP contribution in [-0.4, -0.2) is 27.0 Å². The zero-order valence-corrected chi connectivity index (χ0v) is 15.9. The summed E-state index contributed by atoms with van der Waals surface area (Å²) in [5.74, 6) is 0.650. The van der Waals surface area contributed by atoms with Gasteiger partial charge in [0, 0.05) is 12.1 Å². The standard InChI is InChI=1S/C20H24N2O4S/c21-27(24,25)19-11-5-15(6-12-19)13-14-22-20(23)16-7-9-18(10-8-16)26-17-3-1-2-4-17/h5-12,17H,1-4,13-14H2,(H,22,23)(H2,21,24,25). The van der Waals surface area contributed by atoms with Crippen molar-refractivity contribution in [2.75, 3.05) is 6.54 Å². The fourth-order valence-electron chi connectivity index (χ4n) is 3.15. The van der Waals surface area contributed by atoms with Gasteiger partial charge in [-0.05, 0) is 74.1 Å². The van der Waals surface area contributed by atoms with E-state index in [1.54, 1.807) is 24.3 Å². The molecule has 1 aliphatic carbocycles. The predicted octanol–water partition coefficient (Wildman–Crippen LogP) is 2.63. The number of primary sulfonamides is 1. The van der Waals surface area contributed by atoms with E-state index in [9.17, 15) is 13.2 Å². The summed E-state index contributed by atoms with van der Waals surface area (Å²) < 4.78 is 28.4. The highest BCUT2D eigenvalue weighted by atomic mass is 32.2. The maximum absolute atomic E-state index is 12.2. The van der Waals surface area contributed by atoms with E-state index < -0.39 is 10.0 Å². The molecule has 0 unspecified atom stereocenters. The molecule has 2 aromatic rings. The Labute approximate surface area is 159 Å². The number of sulfonamides is 1. The summed E-state index contributed by atoms with van der Waals surface area (Å²) in [6, 6.07) is 13.5. The Morgan fingerprint density at radius 1 is 1.04 bits per heavy atom. The van der Waals surface area contributed by atoms with Crippen LogP contribution in [-0.2, 0) is 16.4 Å². The Bertz CT molecular complexity index is 871. The normalized spacial score (nSPS) is 14.9. The van der Waals surface area contributed by atoms with Crippen LogP contribution in [0.5, 0.6) is 5.75 Å². The van der Waals surface area contributed by atoms with Crippen molar-refractivity contribution in [2.24, 2.45) is 5.14 Å². The molecule has 1 amide bonds. The number of amides is 1. The van der Waals surface area contributed by atoms with Crippen LogP contribution in [0.25, 0.3) is 0 Å². The van der Waals surface area contributed by atoms with Gasteiger partial charge < -0.3 is 10.1 Å². The summed E-state index contributed by atoms with van der Waals surface area (Å²) in [4.78, 5) is 12.3. The van der Waals surface area contributed by atoms with Gasteiger partial charge in [-0.3, -0.25) is 4.79 Å². The summed E-state index contributed by atoms with van der Waals surface area (Å²) in [5, 5.41) is 7.94. The summed E-state index contributed by atoms with van der Waals surface area (Å²) in [5.41, 5.74) is 1.50. The smallest absolute Gasteiger partial charge is 0.251 e. The van der Waals surface area contributed by atoms with Gasteiger partial charge in [-0.1, -0.05) is 12.1 Å². The summed E-state index contributed by atoms with van der Waals surface area (Å²) in [6.07, 6.45) is 5.52. The van der Waals surface area contributed by atoms with Crippen molar-refractivity contribution in [3.8, 4) is 5.75 Å². The van der Waals surface area contributed by atoms with Crippen molar-refractivity contribution in [3.63, 3.8) is 0 Å². The van der Waals surface area contributed by atoms with Crippen LogP contribution in [0.15, 0.2) is 53.4 Å². The lowest BCUT2D eigenvalue weighted by Crippen LogP contribution is -2.25. The molecule has 1 aliphatic rings. The number of ether oxygens (including phenoxy) is 1. The highest BCUT2D eigenvalue weighted by molar-refractivity contribution is 7.89. The minimum Gasteiger partial charge on any atom is -0.490 e. The molecule has 0 spiro atoms. The quantitative estimate of drug-likeness (QED) is 0.762. The van der Waals surface area contributed by atoms with Crippen molar-refractivity contribution < 1.29 is 17.9 Å². The van der Waals surface area contributed by atoms with Crippen molar-refractivity contribution >= 4 is 15.9 Å². The van der Waals surface area contributed by atoms with Crippen LogP contribution in [0.1, 0.15) is 41.6 Å². The molecule has 0 radical (unpaired) electrons. The first kappa shape index (κ1) is 19.4. The second-order valence-electron chi connectivity index (χ2n) is 6.74. The number of benzene rings is 2. The van der Waals surface area contributed by atoms with Crippen molar-refractivity contribution in [2.45, 2.75) is 43.1 Å². The van der Waals surface area contributed by atoms with Crippen molar-refractivity contribution in [3.05, 3.63) is 59.7 Å². The van der Waals surface area contributed by atoms with Crippen LogP contribution in [0, 0.1) is 0 Å². The van der Waals surface area contributed by atoms with Gasteiger partial charge in [0.2, 0.25) is 10.0 Å². The van der Waals surface area contributed by atoms with E-state index in [0.29, 0.717) is 24.6 Å². The average molecular weight is 388 g/mol. The maximum Gasteiger partial charge on any atom is 0.251 e. The Morgan fingerprint density at radius 2 is 1.67 bits per heavy atom. The molecule has 3 N–H and O–H groups in total. The first-order valence-corrected chi connectivity index (χ1v) is 10.6. The fourth-order valence-corrected chi connectivity index (χ4v) is 3.67. The van der Waals surface area contributed by atoms with Crippen LogP contribution in [0.4, 0.5) is 0 Å². The molecule has 0 aliphatic heterocycles. The molecule has 1 fully saturated rings. The van der Waals surface area contributed by atoms with Crippen LogP contribution >= 0.6 is 0 Å². The zero-order chi connectivity index (χ0) is 19.3. The molecule has 0 heterocycles. The molecule has 2 aromatic carbocycles. The summed E-state index contributed by atoms with van der Waals surface area (Å²) in [7, 11) is -3.68. The number of hydrogen-bond donors (Lipinski definition) is 2. The van der Waals surface area contributed by atoms with E-state index in [4.69, 9.17) is 9.88 Å². The second-order valence-corrected chi connectivity index (χ2v) is 8.30. The summed E-state index contributed by atoms with van der Waals surface area (Å²) in [6.45, 7) is 0.452. The van der Waals surface area contributed by atoms with E-state index in [-0.39, 0.29) is 10.8 Å². The van der Waals surface area contributed by atoms with Gasteiger partial charge >= 0.3 is 0 Å². The van der Waals surface area contributed by atoms with Crippen LogP contribution in [0.3, 0.4) is 0 Å². The molecule has 0 saturated heterocycles. The lowest BCUT2D eigenvalue weighted by atomic mass is 10.1. The molecular weight excluding hydrogens is 364 g/mol. The van der Waals surface area contributed by atoms with Crippen molar-refractivity contribution in [1.82, 2.24) is 5.32 Å². The van der Waals surface area contributed by atoms with Gasteiger partial charge in [0.05, 0.1) is 11.0 Å². The van der Waals surface area contributed by atoms with Gasteiger partial charge in [-0.25, -0.2) is 13.6 Å². The number of nitrogens with one attached hydrogen (secondary N) is 1. The topological polar surface area (TPSA) is 98.5 Å². The third-order valence-electron chi connectivity index (χ3n) is 4.67. The fraction of sp³-hybridized carbons (Fsp3) is 0.350. The van der Waals surface area contributed by atoms with E-state index in [1.165, 1.54) is 25.0 Å². The van der Waals surface area contributed by atoms with E-state index >= 15 is 0 Å². The highest BCUT2D eigenvalue weighted by Gasteiger charge is 2.16. The number of rotatable bonds is 7. The Balaban J connectivity index is 1.47. The van der Waals surface area contributed by atoms with Crippen LogP contribution in [0.2, 0.25) is 0 Å². The van der Waals surface area contributed by atoms with Crippen LogP contribution < -0.4 is 15.2 Å². The zero-order valence-electron chi connectivity index (χ0n) is 15.1. The Morgan fingerprint density at radius 3 is 2.26 bits per heavy atom. The SMILES string of the molecule is NS(=O)(=O)c1ccc(CCNC(=O)c2ccc(OC3CCCC3)cc2)cc1. The maximum atomic E-state index is 12.2. The molecule has 6 nitrogen and oxygen atoms in total. The van der Waals surface area contributed by atoms with Gasteiger partial charge in [0.25, 0.3) is 5.91 Å². The van der Waals surface area contributed by atoms with Gasteiger partial charge in [-0.15, -0.1) is 0 Å². The molecule has 3 rings (SSSR count). The van der Waals surface area contributed by atoms with E-state index in [1.807, 2.05) is 12.1 Å². The number of hydrogen-bond acceptors (Lipinski definition) is 4. The molecule has 0 bridgehead atoms. The molecular formula is C20H24N2O4S. The lowest BCUT2D eigenvalue weighted by molar-refractivity contribution is 0.0954. The monoisotopic (exact) mass is 388 g/mol. The summed E-state index contributed by atoms with van der Waals surface area (Å²) >= 11 is 0. The molecule has 0 atom stereocenters. The Kier molecular flexibility index (Phi) is 6.13.